The molecule has 0 aromatic heterocycles. The van der Waals surface area contributed by atoms with Gasteiger partial charge in [0.1, 0.15) is 12.4 Å². The molecule has 0 aromatic carbocycles. The summed E-state index contributed by atoms with van der Waals surface area (Å²) >= 11 is 0. The largest absolute Gasteiger partial charge is 0.493 e. The van der Waals surface area contributed by atoms with Crippen LogP contribution < -0.4 is 0 Å². The summed E-state index contributed by atoms with van der Waals surface area (Å²) in [5.41, 5.74) is 3.85. The summed E-state index contributed by atoms with van der Waals surface area (Å²) in [6.07, 6.45) is 8.95. The highest BCUT2D eigenvalue weighted by atomic mass is 16.5. The molecule has 15 heavy (non-hydrogen) atoms. The summed E-state index contributed by atoms with van der Waals surface area (Å²) in [6.45, 7) is 0.629. The summed E-state index contributed by atoms with van der Waals surface area (Å²) in [5, 5.41) is 0. The van der Waals surface area contributed by atoms with Gasteiger partial charge in [-0.1, -0.05) is 6.08 Å². The maximum absolute atomic E-state index is 11.3. The summed E-state index contributed by atoms with van der Waals surface area (Å²) in [6, 6.07) is 0. The van der Waals surface area contributed by atoms with Crippen LogP contribution in [0.4, 0.5) is 0 Å². The van der Waals surface area contributed by atoms with E-state index in [1.807, 2.05) is 6.08 Å². The van der Waals surface area contributed by atoms with Crippen molar-refractivity contribution in [3.8, 4) is 0 Å². The standard InChI is InChI=1S/C13H14O2/c14-10-5-6-11-9(7-10)8-15-13-4-2-1-3-12(11)13/h5-6H,1-4,7-8H2. The Labute approximate surface area is 89.3 Å². The molecule has 0 saturated heterocycles. The van der Waals surface area contributed by atoms with Crippen LogP contribution in [0.25, 0.3) is 0 Å². The van der Waals surface area contributed by atoms with Crippen LogP contribution in [0.3, 0.4) is 0 Å². The Bertz CT molecular complexity index is 410. The molecular weight excluding hydrogens is 188 g/mol. The molecule has 0 atom stereocenters. The maximum atomic E-state index is 11.3. The molecule has 1 heterocycles. The first kappa shape index (κ1) is 8.96. The molecule has 0 radical (unpaired) electrons. The van der Waals surface area contributed by atoms with Gasteiger partial charge in [-0.05, 0) is 42.1 Å². The number of ether oxygens (including phenoxy) is 1. The topological polar surface area (TPSA) is 26.3 Å². The van der Waals surface area contributed by atoms with E-state index >= 15 is 0 Å². The number of carbonyl (C=O) groups is 1. The van der Waals surface area contributed by atoms with Gasteiger partial charge in [0.25, 0.3) is 0 Å². The van der Waals surface area contributed by atoms with E-state index in [4.69, 9.17) is 4.74 Å². The molecule has 0 fully saturated rings. The zero-order valence-electron chi connectivity index (χ0n) is 8.71. The van der Waals surface area contributed by atoms with Gasteiger partial charge in [-0.25, -0.2) is 0 Å². The number of rotatable bonds is 0. The Morgan fingerprint density at radius 3 is 2.93 bits per heavy atom. The van der Waals surface area contributed by atoms with Crippen LogP contribution in [-0.4, -0.2) is 12.4 Å². The van der Waals surface area contributed by atoms with Crippen molar-refractivity contribution >= 4 is 5.78 Å². The highest BCUT2D eigenvalue weighted by Crippen LogP contribution is 2.38. The maximum Gasteiger partial charge on any atom is 0.159 e. The SMILES string of the molecule is O=C1C=CC2=C(COC3=C2CCCC3)C1. The molecule has 1 aliphatic heterocycles. The second-order valence-electron chi connectivity index (χ2n) is 4.39. The lowest BCUT2D eigenvalue weighted by molar-refractivity contribution is -0.114. The summed E-state index contributed by atoms with van der Waals surface area (Å²) in [7, 11) is 0. The second kappa shape index (κ2) is 3.37. The third-order valence-corrected chi connectivity index (χ3v) is 3.37. The number of allylic oxidation sites excluding steroid dienone is 5. The van der Waals surface area contributed by atoms with Gasteiger partial charge in [0.15, 0.2) is 5.78 Å². The van der Waals surface area contributed by atoms with Crippen molar-refractivity contribution in [3.05, 3.63) is 34.6 Å². The lowest BCUT2D eigenvalue weighted by Gasteiger charge is -2.29. The van der Waals surface area contributed by atoms with E-state index in [9.17, 15) is 4.79 Å². The van der Waals surface area contributed by atoms with Crippen molar-refractivity contribution in [2.24, 2.45) is 0 Å². The molecule has 0 unspecified atom stereocenters. The predicted octanol–water partition coefficient (Wildman–Crippen LogP) is 2.67. The van der Waals surface area contributed by atoms with Crippen LogP contribution in [0.2, 0.25) is 0 Å². The van der Waals surface area contributed by atoms with Crippen LogP contribution in [0.5, 0.6) is 0 Å². The van der Waals surface area contributed by atoms with Gasteiger partial charge >= 0.3 is 0 Å². The fourth-order valence-corrected chi connectivity index (χ4v) is 2.60. The molecule has 0 saturated carbocycles. The fraction of sp³-hybridized carbons (Fsp3) is 0.462. The number of hydrogen-bond acceptors (Lipinski definition) is 2. The third kappa shape index (κ3) is 1.44. The average molecular weight is 202 g/mol. The highest BCUT2D eigenvalue weighted by Gasteiger charge is 2.26. The molecule has 2 heteroatoms. The Balaban J connectivity index is 2.03. The molecule has 0 amide bonds. The average Bonchev–Trinajstić information content (AvgIpc) is 2.28. The van der Waals surface area contributed by atoms with Gasteiger partial charge in [-0.3, -0.25) is 4.79 Å². The van der Waals surface area contributed by atoms with Gasteiger partial charge in [0.05, 0.1) is 0 Å². The number of ketones is 1. The molecule has 0 bridgehead atoms. The first-order chi connectivity index (χ1) is 7.34. The summed E-state index contributed by atoms with van der Waals surface area (Å²) in [5.74, 6) is 1.39. The third-order valence-electron chi connectivity index (χ3n) is 3.37. The second-order valence-corrected chi connectivity index (χ2v) is 4.39. The number of hydrogen-bond donors (Lipinski definition) is 0. The molecule has 78 valence electrons. The zero-order valence-corrected chi connectivity index (χ0v) is 8.71. The van der Waals surface area contributed by atoms with E-state index < -0.39 is 0 Å². The molecule has 0 N–H and O–H groups in total. The fourth-order valence-electron chi connectivity index (χ4n) is 2.60. The Hall–Kier alpha value is -1.31. The van der Waals surface area contributed by atoms with Crippen molar-refractivity contribution in [1.82, 2.24) is 0 Å². The van der Waals surface area contributed by atoms with Crippen molar-refractivity contribution in [3.63, 3.8) is 0 Å². The van der Waals surface area contributed by atoms with E-state index in [1.54, 1.807) is 6.08 Å². The monoisotopic (exact) mass is 202 g/mol. The molecule has 3 aliphatic rings. The lowest BCUT2D eigenvalue weighted by Crippen LogP contribution is -2.18. The van der Waals surface area contributed by atoms with Crippen LogP contribution in [0.15, 0.2) is 34.6 Å². The van der Waals surface area contributed by atoms with Crippen molar-refractivity contribution < 1.29 is 9.53 Å². The smallest absolute Gasteiger partial charge is 0.159 e. The quantitative estimate of drug-likeness (QED) is 0.603. The first-order valence-corrected chi connectivity index (χ1v) is 5.63. The number of carbonyl (C=O) groups excluding carboxylic acids is 1. The minimum atomic E-state index is 0.206. The lowest BCUT2D eigenvalue weighted by atomic mass is 9.84. The minimum absolute atomic E-state index is 0.206. The zero-order chi connectivity index (χ0) is 10.3. The van der Waals surface area contributed by atoms with Gasteiger partial charge < -0.3 is 4.74 Å². The van der Waals surface area contributed by atoms with Crippen LogP contribution >= 0.6 is 0 Å². The highest BCUT2D eigenvalue weighted by molar-refractivity contribution is 5.94. The van der Waals surface area contributed by atoms with E-state index in [0.29, 0.717) is 13.0 Å². The molecule has 2 aliphatic carbocycles. The summed E-state index contributed by atoms with van der Waals surface area (Å²) in [4.78, 5) is 11.3. The minimum Gasteiger partial charge on any atom is -0.493 e. The Kier molecular flexibility index (Phi) is 2.01. The van der Waals surface area contributed by atoms with E-state index in [-0.39, 0.29) is 5.78 Å². The Morgan fingerprint density at radius 1 is 1.13 bits per heavy atom. The first-order valence-electron chi connectivity index (χ1n) is 5.63. The number of fused-ring (bicyclic) bond motifs is 1. The predicted molar refractivity (Wildman–Crippen MR) is 57.2 cm³/mol. The van der Waals surface area contributed by atoms with Gasteiger partial charge in [-0.2, -0.15) is 0 Å². The van der Waals surface area contributed by atoms with Crippen LogP contribution in [0.1, 0.15) is 32.1 Å². The summed E-state index contributed by atoms with van der Waals surface area (Å²) < 4.78 is 5.74. The van der Waals surface area contributed by atoms with Crippen molar-refractivity contribution in [2.75, 3.05) is 6.61 Å². The van der Waals surface area contributed by atoms with Crippen molar-refractivity contribution in [2.45, 2.75) is 32.1 Å². The molecule has 2 nitrogen and oxygen atoms in total. The molecule has 3 rings (SSSR count). The van der Waals surface area contributed by atoms with E-state index in [0.717, 1.165) is 12.8 Å². The van der Waals surface area contributed by atoms with Gasteiger partial charge in [0, 0.05) is 12.8 Å². The van der Waals surface area contributed by atoms with Crippen LogP contribution in [-0.2, 0) is 9.53 Å². The van der Waals surface area contributed by atoms with E-state index in [2.05, 4.69) is 0 Å². The molecular formula is C13H14O2. The Morgan fingerprint density at radius 2 is 2.00 bits per heavy atom. The van der Waals surface area contributed by atoms with Crippen LogP contribution in [0, 0.1) is 0 Å². The van der Waals surface area contributed by atoms with Gasteiger partial charge in [-0.15, -0.1) is 0 Å². The molecule has 0 aromatic rings. The van der Waals surface area contributed by atoms with Crippen molar-refractivity contribution in [1.29, 1.82) is 0 Å². The van der Waals surface area contributed by atoms with Gasteiger partial charge in [0.2, 0.25) is 0 Å². The van der Waals surface area contributed by atoms with E-state index in [1.165, 1.54) is 35.3 Å². The normalized spacial score (nSPS) is 24.9. The molecule has 0 spiro atoms.